The van der Waals surface area contributed by atoms with Gasteiger partial charge in [0.15, 0.2) is 0 Å². The Hall–Kier alpha value is -3.80. The molecule has 180 valence electrons. The summed E-state index contributed by atoms with van der Waals surface area (Å²) in [7, 11) is 0. The highest BCUT2D eigenvalue weighted by atomic mass is 19.1. The first-order valence-corrected chi connectivity index (χ1v) is 12.1. The van der Waals surface area contributed by atoms with Crippen molar-refractivity contribution in [2.45, 2.75) is 46.1 Å². The third-order valence-electron chi connectivity index (χ3n) is 6.23. The number of aromatic nitrogens is 2. The van der Waals surface area contributed by atoms with Crippen LogP contribution in [0.1, 0.15) is 60.9 Å². The Morgan fingerprint density at radius 1 is 1.03 bits per heavy atom. The first-order valence-electron chi connectivity index (χ1n) is 12.1. The van der Waals surface area contributed by atoms with Crippen LogP contribution in [0.2, 0.25) is 0 Å². The summed E-state index contributed by atoms with van der Waals surface area (Å²) in [5.74, 6) is -0.0740. The minimum absolute atomic E-state index is 0.167. The number of amides is 1. The van der Waals surface area contributed by atoms with Crippen molar-refractivity contribution in [2.75, 3.05) is 6.54 Å². The molecule has 6 heteroatoms. The maximum Gasteiger partial charge on any atom is 0.266 e. The molecule has 0 saturated heterocycles. The Labute approximate surface area is 204 Å². The van der Waals surface area contributed by atoms with E-state index in [-0.39, 0.29) is 11.5 Å². The fraction of sp³-hybridized carbons (Fsp3) is 0.276. The van der Waals surface area contributed by atoms with Crippen molar-refractivity contribution in [3.05, 3.63) is 106 Å². The van der Waals surface area contributed by atoms with E-state index in [2.05, 4.69) is 6.92 Å². The number of rotatable bonds is 8. The van der Waals surface area contributed by atoms with E-state index in [0.29, 0.717) is 40.9 Å². The molecule has 0 aliphatic rings. The molecule has 35 heavy (non-hydrogen) atoms. The van der Waals surface area contributed by atoms with Gasteiger partial charge >= 0.3 is 0 Å². The van der Waals surface area contributed by atoms with E-state index < -0.39 is 11.9 Å². The summed E-state index contributed by atoms with van der Waals surface area (Å²) in [6.45, 7) is 6.54. The smallest absolute Gasteiger partial charge is 0.266 e. The zero-order valence-corrected chi connectivity index (χ0v) is 20.4. The predicted octanol–water partition coefficient (Wildman–Crippen LogP) is 6.23. The molecule has 0 aliphatic carbocycles. The number of carbonyl (C=O) groups is 1. The number of benzene rings is 3. The van der Waals surface area contributed by atoms with Gasteiger partial charge in [-0.3, -0.25) is 14.2 Å². The van der Waals surface area contributed by atoms with Gasteiger partial charge in [-0.2, -0.15) is 0 Å². The largest absolute Gasteiger partial charge is 0.328 e. The summed E-state index contributed by atoms with van der Waals surface area (Å²) in [5.41, 5.74) is 2.57. The zero-order chi connectivity index (χ0) is 24.9. The van der Waals surface area contributed by atoms with E-state index in [9.17, 15) is 14.0 Å². The van der Waals surface area contributed by atoms with Gasteiger partial charge in [0.2, 0.25) is 0 Å². The SMILES string of the molecule is CCCCN(C(=O)c1ccc(F)cc1)C(CC)c1nc2ccccc2c(=O)n1-c1cccc(C)c1. The number of unbranched alkanes of at least 4 members (excludes halogenated alkanes) is 1. The first-order chi connectivity index (χ1) is 16.9. The Balaban J connectivity index is 1.94. The van der Waals surface area contributed by atoms with Gasteiger partial charge in [-0.1, -0.05) is 44.5 Å². The Morgan fingerprint density at radius 3 is 2.46 bits per heavy atom. The molecule has 1 aromatic heterocycles. The van der Waals surface area contributed by atoms with Gasteiger partial charge in [0, 0.05) is 12.1 Å². The lowest BCUT2D eigenvalue weighted by Crippen LogP contribution is -2.39. The van der Waals surface area contributed by atoms with Crippen molar-refractivity contribution in [3.63, 3.8) is 0 Å². The number of carbonyl (C=O) groups excluding carboxylic acids is 1. The van der Waals surface area contributed by atoms with Gasteiger partial charge in [0.05, 0.1) is 22.6 Å². The summed E-state index contributed by atoms with van der Waals surface area (Å²) in [4.78, 5) is 34.2. The predicted molar refractivity (Wildman–Crippen MR) is 137 cm³/mol. The lowest BCUT2D eigenvalue weighted by Gasteiger charge is -2.32. The lowest BCUT2D eigenvalue weighted by atomic mass is 10.1. The maximum absolute atomic E-state index is 13.8. The lowest BCUT2D eigenvalue weighted by molar-refractivity contribution is 0.0656. The molecule has 1 atom stereocenters. The molecule has 0 spiro atoms. The summed E-state index contributed by atoms with van der Waals surface area (Å²) in [6.07, 6.45) is 2.26. The molecule has 4 aromatic rings. The van der Waals surface area contributed by atoms with E-state index >= 15 is 0 Å². The Morgan fingerprint density at radius 2 is 1.77 bits per heavy atom. The van der Waals surface area contributed by atoms with Crippen LogP contribution >= 0.6 is 0 Å². The summed E-state index contributed by atoms with van der Waals surface area (Å²) < 4.78 is 15.2. The molecule has 3 aromatic carbocycles. The van der Waals surface area contributed by atoms with Crippen molar-refractivity contribution in [1.29, 1.82) is 0 Å². The van der Waals surface area contributed by atoms with Crippen LogP contribution in [0.5, 0.6) is 0 Å². The number of hydrogen-bond acceptors (Lipinski definition) is 3. The molecule has 1 amide bonds. The highest BCUT2D eigenvalue weighted by molar-refractivity contribution is 5.94. The second-order valence-electron chi connectivity index (χ2n) is 8.75. The molecule has 0 fully saturated rings. The van der Waals surface area contributed by atoms with Gasteiger partial charge in [-0.15, -0.1) is 0 Å². The molecule has 1 heterocycles. The number of para-hydroxylation sites is 1. The van der Waals surface area contributed by atoms with Crippen molar-refractivity contribution < 1.29 is 9.18 Å². The van der Waals surface area contributed by atoms with Crippen LogP contribution in [0.25, 0.3) is 16.6 Å². The molecule has 1 unspecified atom stereocenters. The summed E-state index contributed by atoms with van der Waals surface area (Å²) in [6, 6.07) is 20.2. The van der Waals surface area contributed by atoms with Crippen LogP contribution in [0.3, 0.4) is 0 Å². The number of halogens is 1. The number of hydrogen-bond donors (Lipinski definition) is 0. The fourth-order valence-electron chi connectivity index (χ4n) is 4.42. The van der Waals surface area contributed by atoms with Gasteiger partial charge in [0.25, 0.3) is 11.5 Å². The van der Waals surface area contributed by atoms with Crippen LogP contribution in [0, 0.1) is 12.7 Å². The minimum atomic E-state index is -0.447. The number of aryl methyl sites for hydroxylation is 1. The number of nitrogens with zero attached hydrogens (tertiary/aromatic N) is 3. The third kappa shape index (κ3) is 5.02. The Kier molecular flexibility index (Phi) is 7.39. The fourth-order valence-corrected chi connectivity index (χ4v) is 4.42. The van der Waals surface area contributed by atoms with E-state index in [0.717, 1.165) is 18.4 Å². The molecule has 0 N–H and O–H groups in total. The Bertz CT molecular complexity index is 1400. The summed E-state index contributed by atoms with van der Waals surface area (Å²) in [5, 5.41) is 0.526. The van der Waals surface area contributed by atoms with E-state index in [1.807, 2.05) is 56.3 Å². The molecular weight excluding hydrogens is 441 g/mol. The van der Waals surface area contributed by atoms with E-state index in [1.165, 1.54) is 24.3 Å². The molecule has 0 radical (unpaired) electrons. The van der Waals surface area contributed by atoms with Gasteiger partial charge < -0.3 is 4.90 Å². The first kappa shape index (κ1) is 24.3. The topological polar surface area (TPSA) is 55.2 Å². The van der Waals surface area contributed by atoms with Gasteiger partial charge in [0.1, 0.15) is 11.6 Å². The normalized spacial score (nSPS) is 12.0. The van der Waals surface area contributed by atoms with Crippen LogP contribution < -0.4 is 5.56 Å². The van der Waals surface area contributed by atoms with Crippen molar-refractivity contribution >= 4 is 16.8 Å². The second kappa shape index (κ2) is 10.6. The maximum atomic E-state index is 13.8. The van der Waals surface area contributed by atoms with Crippen LogP contribution in [-0.4, -0.2) is 26.9 Å². The van der Waals surface area contributed by atoms with E-state index in [1.54, 1.807) is 15.5 Å². The highest BCUT2D eigenvalue weighted by Gasteiger charge is 2.29. The number of fused-ring (bicyclic) bond motifs is 1. The van der Waals surface area contributed by atoms with Gasteiger partial charge in [-0.05, 0) is 73.9 Å². The summed E-state index contributed by atoms with van der Waals surface area (Å²) >= 11 is 0. The quantitative estimate of drug-likeness (QED) is 0.306. The van der Waals surface area contributed by atoms with Crippen molar-refractivity contribution in [1.82, 2.24) is 14.5 Å². The standard InChI is InChI=1S/C29H30FN3O2/c1-4-6-18-32(28(34)21-14-16-22(30)17-15-21)26(5-2)27-31-25-13-8-7-12-24(25)29(35)33(27)23-11-9-10-20(3)19-23/h7-17,19,26H,4-6,18H2,1-3H3. The van der Waals surface area contributed by atoms with Gasteiger partial charge in [-0.25, -0.2) is 9.37 Å². The van der Waals surface area contributed by atoms with Crippen molar-refractivity contribution in [3.8, 4) is 5.69 Å². The molecule has 4 rings (SSSR count). The monoisotopic (exact) mass is 471 g/mol. The second-order valence-corrected chi connectivity index (χ2v) is 8.75. The van der Waals surface area contributed by atoms with Crippen molar-refractivity contribution in [2.24, 2.45) is 0 Å². The average molecular weight is 472 g/mol. The molecular formula is C29H30FN3O2. The van der Waals surface area contributed by atoms with Crippen LogP contribution in [-0.2, 0) is 0 Å². The molecule has 0 aliphatic heterocycles. The van der Waals surface area contributed by atoms with Crippen LogP contribution in [0.4, 0.5) is 4.39 Å². The molecule has 0 bridgehead atoms. The molecule has 5 nitrogen and oxygen atoms in total. The van der Waals surface area contributed by atoms with Crippen LogP contribution in [0.15, 0.2) is 77.6 Å². The van der Waals surface area contributed by atoms with E-state index in [4.69, 9.17) is 4.98 Å². The zero-order valence-electron chi connectivity index (χ0n) is 20.4. The molecule has 0 saturated carbocycles. The highest BCUT2D eigenvalue weighted by Crippen LogP contribution is 2.28. The third-order valence-corrected chi connectivity index (χ3v) is 6.23. The average Bonchev–Trinajstić information content (AvgIpc) is 2.86. The minimum Gasteiger partial charge on any atom is -0.328 e.